The molecule has 1 aliphatic heterocycles. The van der Waals surface area contributed by atoms with Gasteiger partial charge in [-0.3, -0.25) is 4.79 Å². The molecule has 1 fully saturated rings. The Morgan fingerprint density at radius 1 is 1.30 bits per heavy atom. The lowest BCUT2D eigenvalue weighted by Gasteiger charge is -2.30. The number of carbonyl (C=O) groups is 1. The number of nitrogens with zero attached hydrogens (tertiary/aromatic N) is 3. The van der Waals surface area contributed by atoms with Crippen LogP contribution in [-0.2, 0) is 11.2 Å². The minimum atomic E-state index is -0.0791. The van der Waals surface area contributed by atoms with Crippen LogP contribution in [0.15, 0.2) is 24.3 Å². The Kier molecular flexibility index (Phi) is 5.04. The van der Waals surface area contributed by atoms with Crippen molar-refractivity contribution in [2.75, 3.05) is 43.5 Å². The second kappa shape index (κ2) is 7.38. The molecule has 23 heavy (non-hydrogen) atoms. The van der Waals surface area contributed by atoms with Gasteiger partial charge in [0.2, 0.25) is 5.13 Å². The molecular weight excluding hydrogens is 314 g/mol. The summed E-state index contributed by atoms with van der Waals surface area (Å²) >= 11 is 1.34. The molecule has 0 spiro atoms. The average Bonchev–Trinajstić information content (AvgIpc) is 3.01. The van der Waals surface area contributed by atoms with E-state index in [4.69, 9.17) is 10.5 Å². The number of amides is 1. The van der Waals surface area contributed by atoms with Crippen LogP contribution < -0.4 is 16.0 Å². The summed E-state index contributed by atoms with van der Waals surface area (Å²) in [7, 11) is 0. The van der Waals surface area contributed by atoms with Crippen LogP contribution in [-0.4, -0.2) is 49.0 Å². The van der Waals surface area contributed by atoms with Crippen LogP contribution in [0.1, 0.15) is 15.4 Å². The maximum atomic E-state index is 12.5. The molecule has 1 saturated heterocycles. The van der Waals surface area contributed by atoms with E-state index in [1.165, 1.54) is 11.3 Å². The zero-order valence-electron chi connectivity index (χ0n) is 12.7. The topological polar surface area (TPSA) is 93.4 Å². The van der Waals surface area contributed by atoms with E-state index in [-0.39, 0.29) is 5.91 Å². The molecule has 1 aromatic heterocycles. The third-order valence-electron chi connectivity index (χ3n) is 3.61. The monoisotopic (exact) mass is 333 g/mol. The quantitative estimate of drug-likeness (QED) is 0.845. The maximum Gasteiger partial charge on any atom is 0.253 e. The molecule has 2 heterocycles. The highest BCUT2D eigenvalue weighted by Crippen LogP contribution is 2.21. The van der Waals surface area contributed by atoms with Gasteiger partial charge in [0, 0.05) is 31.7 Å². The van der Waals surface area contributed by atoms with Crippen LogP contribution in [0.3, 0.4) is 0 Å². The number of para-hydroxylation sites is 1. The molecule has 2 aromatic rings. The van der Waals surface area contributed by atoms with Crippen molar-refractivity contribution in [3.63, 3.8) is 0 Å². The number of anilines is 2. The fraction of sp³-hybridized carbons (Fsp3) is 0.400. The predicted molar refractivity (Wildman–Crippen MR) is 89.8 cm³/mol. The Bertz CT molecular complexity index is 669. The molecule has 0 aliphatic carbocycles. The van der Waals surface area contributed by atoms with Crippen molar-refractivity contribution in [3.8, 4) is 0 Å². The highest BCUT2D eigenvalue weighted by atomic mass is 32.1. The Morgan fingerprint density at radius 3 is 2.83 bits per heavy atom. The predicted octanol–water partition coefficient (Wildman–Crippen LogP) is 0.929. The minimum absolute atomic E-state index is 0.0791. The fourth-order valence-corrected chi connectivity index (χ4v) is 3.10. The molecule has 3 N–H and O–H groups in total. The molecule has 8 heteroatoms. The summed E-state index contributed by atoms with van der Waals surface area (Å²) in [6.07, 6.45) is 0.625. The number of nitrogen functional groups attached to an aromatic ring is 1. The molecule has 7 nitrogen and oxygen atoms in total. The first kappa shape index (κ1) is 15.7. The lowest BCUT2D eigenvalue weighted by molar-refractivity contribution is 0.0952. The van der Waals surface area contributed by atoms with Gasteiger partial charge in [0.15, 0.2) is 0 Å². The van der Waals surface area contributed by atoms with E-state index >= 15 is 0 Å². The number of ether oxygens (including phenoxy) is 1. The summed E-state index contributed by atoms with van der Waals surface area (Å²) in [6.45, 7) is 3.48. The van der Waals surface area contributed by atoms with Crippen molar-refractivity contribution < 1.29 is 9.53 Å². The minimum Gasteiger partial charge on any atom is -0.378 e. The number of benzene rings is 1. The average molecular weight is 333 g/mol. The summed E-state index contributed by atoms with van der Waals surface area (Å²) in [5.74, 6) is -0.0791. The van der Waals surface area contributed by atoms with Crippen molar-refractivity contribution in [1.29, 1.82) is 0 Å². The SMILES string of the molecule is Nc1nnc(CCNC(=O)c2ccccc2N2CCOCC2)s1. The second-order valence-corrected chi connectivity index (χ2v) is 6.25. The van der Waals surface area contributed by atoms with Gasteiger partial charge in [-0.25, -0.2) is 0 Å². The summed E-state index contributed by atoms with van der Waals surface area (Å²) in [4.78, 5) is 14.7. The van der Waals surface area contributed by atoms with Crippen LogP contribution in [0.5, 0.6) is 0 Å². The molecule has 1 amide bonds. The summed E-state index contributed by atoms with van der Waals surface area (Å²) in [6, 6.07) is 7.66. The van der Waals surface area contributed by atoms with E-state index in [2.05, 4.69) is 20.4 Å². The first-order valence-electron chi connectivity index (χ1n) is 7.52. The van der Waals surface area contributed by atoms with Gasteiger partial charge in [0.1, 0.15) is 5.01 Å². The maximum absolute atomic E-state index is 12.5. The van der Waals surface area contributed by atoms with Gasteiger partial charge >= 0.3 is 0 Å². The lowest BCUT2D eigenvalue weighted by Crippen LogP contribution is -2.38. The Labute approximate surface area is 138 Å². The van der Waals surface area contributed by atoms with Crippen molar-refractivity contribution in [2.45, 2.75) is 6.42 Å². The molecule has 0 radical (unpaired) electrons. The first-order chi connectivity index (χ1) is 11.2. The zero-order chi connectivity index (χ0) is 16.1. The van der Waals surface area contributed by atoms with E-state index in [0.717, 1.165) is 23.8 Å². The van der Waals surface area contributed by atoms with Crippen molar-refractivity contribution in [2.24, 2.45) is 0 Å². The number of aromatic nitrogens is 2. The number of nitrogens with two attached hydrogens (primary N) is 1. The second-order valence-electron chi connectivity index (χ2n) is 5.16. The summed E-state index contributed by atoms with van der Waals surface area (Å²) in [5, 5.41) is 11.9. The molecule has 0 saturated carbocycles. The van der Waals surface area contributed by atoms with E-state index in [0.29, 0.717) is 36.9 Å². The van der Waals surface area contributed by atoms with Crippen molar-refractivity contribution in [3.05, 3.63) is 34.8 Å². The Morgan fingerprint density at radius 2 is 2.09 bits per heavy atom. The number of rotatable bonds is 5. The van der Waals surface area contributed by atoms with Crippen LogP contribution in [0, 0.1) is 0 Å². The van der Waals surface area contributed by atoms with Gasteiger partial charge in [0.25, 0.3) is 5.91 Å². The normalized spacial score (nSPS) is 14.7. The third kappa shape index (κ3) is 3.96. The van der Waals surface area contributed by atoms with Gasteiger partial charge in [0.05, 0.1) is 18.8 Å². The van der Waals surface area contributed by atoms with Gasteiger partial charge in [-0.2, -0.15) is 0 Å². The van der Waals surface area contributed by atoms with Crippen LogP contribution in [0.25, 0.3) is 0 Å². The number of carbonyl (C=O) groups excluding carboxylic acids is 1. The smallest absolute Gasteiger partial charge is 0.253 e. The number of morpholine rings is 1. The van der Waals surface area contributed by atoms with E-state index in [9.17, 15) is 4.79 Å². The van der Waals surface area contributed by atoms with Gasteiger partial charge in [-0.05, 0) is 12.1 Å². The van der Waals surface area contributed by atoms with Crippen molar-refractivity contribution in [1.82, 2.24) is 15.5 Å². The zero-order valence-corrected chi connectivity index (χ0v) is 13.5. The highest BCUT2D eigenvalue weighted by molar-refractivity contribution is 7.15. The fourth-order valence-electron chi connectivity index (χ4n) is 2.49. The molecule has 0 atom stereocenters. The van der Waals surface area contributed by atoms with E-state index in [1.807, 2.05) is 24.3 Å². The van der Waals surface area contributed by atoms with Crippen molar-refractivity contribution >= 4 is 28.1 Å². The van der Waals surface area contributed by atoms with Gasteiger partial charge < -0.3 is 20.7 Å². The Hall–Kier alpha value is -2.19. The molecule has 1 aliphatic rings. The largest absolute Gasteiger partial charge is 0.378 e. The number of hydrogen-bond acceptors (Lipinski definition) is 7. The molecule has 0 bridgehead atoms. The lowest BCUT2D eigenvalue weighted by atomic mass is 10.1. The first-order valence-corrected chi connectivity index (χ1v) is 8.33. The van der Waals surface area contributed by atoms with E-state index < -0.39 is 0 Å². The van der Waals surface area contributed by atoms with Crippen LogP contribution >= 0.6 is 11.3 Å². The third-order valence-corrected chi connectivity index (χ3v) is 4.42. The standard InChI is InChI=1S/C15H19N5O2S/c16-15-19-18-13(23-15)5-6-17-14(21)11-3-1-2-4-12(11)20-7-9-22-10-8-20/h1-4H,5-10H2,(H2,16,19)(H,17,21). The Balaban J connectivity index is 1.62. The summed E-state index contributed by atoms with van der Waals surface area (Å²) < 4.78 is 5.37. The molecule has 122 valence electrons. The van der Waals surface area contributed by atoms with Gasteiger partial charge in [-0.15, -0.1) is 10.2 Å². The molecular formula is C15H19N5O2S. The van der Waals surface area contributed by atoms with Gasteiger partial charge in [-0.1, -0.05) is 23.5 Å². The molecule has 3 rings (SSSR count). The number of nitrogens with one attached hydrogen (secondary N) is 1. The molecule has 1 aromatic carbocycles. The van der Waals surface area contributed by atoms with Crippen LogP contribution in [0.4, 0.5) is 10.8 Å². The highest BCUT2D eigenvalue weighted by Gasteiger charge is 2.18. The molecule has 0 unspecified atom stereocenters. The summed E-state index contributed by atoms with van der Waals surface area (Å²) in [5.41, 5.74) is 7.18. The van der Waals surface area contributed by atoms with E-state index in [1.54, 1.807) is 0 Å². The van der Waals surface area contributed by atoms with Crippen LogP contribution in [0.2, 0.25) is 0 Å². The number of hydrogen-bond donors (Lipinski definition) is 2.